The average Bonchev–Trinajstić information content (AvgIpc) is 3.31. The topological polar surface area (TPSA) is 52.6 Å². The third-order valence-corrected chi connectivity index (χ3v) is 6.64. The SMILES string of the molecule is Cc1ccccc1C(=O)O[C@@H]1C2CC(c3ccccc32)[C@@H]1OC(=O)c1ccccc1C. The summed E-state index contributed by atoms with van der Waals surface area (Å²) in [4.78, 5) is 26.0. The summed E-state index contributed by atoms with van der Waals surface area (Å²) in [5.74, 6) is -0.678. The average molecular weight is 412 g/mol. The zero-order valence-corrected chi connectivity index (χ0v) is 17.6. The van der Waals surface area contributed by atoms with E-state index in [9.17, 15) is 9.59 Å². The van der Waals surface area contributed by atoms with Gasteiger partial charge in [-0.3, -0.25) is 0 Å². The van der Waals surface area contributed by atoms with Gasteiger partial charge in [-0.1, -0.05) is 60.7 Å². The summed E-state index contributed by atoms with van der Waals surface area (Å²) < 4.78 is 12.1. The monoisotopic (exact) mass is 412 g/mol. The highest BCUT2D eigenvalue weighted by molar-refractivity contribution is 5.92. The van der Waals surface area contributed by atoms with E-state index in [1.54, 1.807) is 12.1 Å². The standard InChI is InChI=1S/C27H24O4/c1-16-9-3-5-11-18(16)26(28)30-24-22-15-23(21-14-8-7-13-20(21)22)25(24)31-27(29)19-12-6-4-10-17(19)2/h3-14,22-25H,15H2,1-2H3/t22?,23?,24-,25+. The third-order valence-electron chi connectivity index (χ3n) is 6.64. The van der Waals surface area contributed by atoms with E-state index >= 15 is 0 Å². The van der Waals surface area contributed by atoms with Gasteiger partial charge in [0.1, 0.15) is 12.2 Å². The van der Waals surface area contributed by atoms with Crippen molar-refractivity contribution in [2.75, 3.05) is 0 Å². The number of carbonyl (C=O) groups is 2. The van der Waals surface area contributed by atoms with Gasteiger partial charge in [0.05, 0.1) is 11.1 Å². The summed E-state index contributed by atoms with van der Waals surface area (Å²) in [6, 6.07) is 23.0. The molecule has 0 spiro atoms. The van der Waals surface area contributed by atoms with Gasteiger partial charge in [0.25, 0.3) is 0 Å². The lowest BCUT2D eigenvalue weighted by atomic mass is 9.87. The van der Waals surface area contributed by atoms with Crippen LogP contribution in [0.4, 0.5) is 0 Å². The van der Waals surface area contributed by atoms with Gasteiger partial charge >= 0.3 is 11.9 Å². The Morgan fingerprint density at radius 1 is 0.645 bits per heavy atom. The van der Waals surface area contributed by atoms with Crippen molar-refractivity contribution in [1.82, 2.24) is 0 Å². The molecule has 2 aliphatic rings. The number of esters is 2. The van der Waals surface area contributed by atoms with Crippen LogP contribution in [0.15, 0.2) is 72.8 Å². The van der Waals surface area contributed by atoms with Crippen molar-refractivity contribution in [1.29, 1.82) is 0 Å². The van der Waals surface area contributed by atoms with Crippen LogP contribution in [0.2, 0.25) is 0 Å². The fourth-order valence-electron chi connectivity index (χ4n) is 5.07. The first-order valence-corrected chi connectivity index (χ1v) is 10.7. The Kier molecular flexibility index (Phi) is 4.85. The molecule has 4 nitrogen and oxygen atoms in total. The van der Waals surface area contributed by atoms with Crippen molar-refractivity contribution in [2.45, 2.75) is 44.3 Å². The highest BCUT2D eigenvalue weighted by atomic mass is 16.6. The summed E-state index contributed by atoms with van der Waals surface area (Å²) in [6.07, 6.45) is -0.184. The number of hydrogen-bond acceptors (Lipinski definition) is 4. The Morgan fingerprint density at radius 3 is 1.45 bits per heavy atom. The Bertz CT molecular complexity index is 1070. The second-order valence-corrected chi connectivity index (χ2v) is 8.45. The molecule has 1 fully saturated rings. The summed E-state index contributed by atoms with van der Waals surface area (Å²) in [7, 11) is 0. The first kappa shape index (κ1) is 19.6. The zero-order valence-electron chi connectivity index (χ0n) is 17.6. The molecule has 0 amide bonds. The smallest absolute Gasteiger partial charge is 0.338 e. The van der Waals surface area contributed by atoms with Crippen LogP contribution in [0, 0.1) is 13.8 Å². The molecule has 156 valence electrons. The first-order chi connectivity index (χ1) is 15.0. The van der Waals surface area contributed by atoms with Crippen LogP contribution in [0.5, 0.6) is 0 Å². The van der Waals surface area contributed by atoms with E-state index in [1.165, 1.54) is 11.1 Å². The van der Waals surface area contributed by atoms with E-state index in [-0.39, 0.29) is 23.8 Å². The maximum absolute atomic E-state index is 13.0. The van der Waals surface area contributed by atoms with Crippen LogP contribution in [-0.4, -0.2) is 24.1 Å². The van der Waals surface area contributed by atoms with Crippen LogP contribution in [0.25, 0.3) is 0 Å². The molecular weight excluding hydrogens is 388 g/mol. The van der Waals surface area contributed by atoms with Crippen molar-refractivity contribution < 1.29 is 19.1 Å². The zero-order chi connectivity index (χ0) is 21.5. The minimum Gasteiger partial charge on any atom is -0.454 e. The van der Waals surface area contributed by atoms with Crippen molar-refractivity contribution in [3.05, 3.63) is 106 Å². The summed E-state index contributed by atoms with van der Waals surface area (Å²) in [5, 5.41) is 0. The molecule has 0 aliphatic heterocycles. The lowest BCUT2D eigenvalue weighted by Crippen LogP contribution is -2.39. The lowest BCUT2D eigenvalue weighted by Gasteiger charge is -2.32. The molecule has 31 heavy (non-hydrogen) atoms. The second kappa shape index (κ2) is 7.69. The molecule has 0 aromatic heterocycles. The molecule has 3 aromatic rings. The van der Waals surface area contributed by atoms with Gasteiger partial charge in [-0.15, -0.1) is 0 Å². The van der Waals surface area contributed by atoms with Gasteiger partial charge < -0.3 is 9.47 Å². The maximum Gasteiger partial charge on any atom is 0.338 e. The van der Waals surface area contributed by atoms with E-state index in [4.69, 9.17) is 9.47 Å². The summed E-state index contributed by atoms with van der Waals surface area (Å²) in [5.41, 5.74) is 5.20. The van der Waals surface area contributed by atoms with Crippen molar-refractivity contribution >= 4 is 11.9 Å². The molecule has 0 radical (unpaired) electrons. The molecule has 0 N–H and O–H groups in total. The fourth-order valence-corrected chi connectivity index (χ4v) is 5.07. The molecular formula is C27H24O4. The molecule has 2 aliphatic carbocycles. The van der Waals surface area contributed by atoms with E-state index in [1.807, 2.05) is 62.4 Å². The Morgan fingerprint density at radius 2 is 1.03 bits per heavy atom. The van der Waals surface area contributed by atoms with Gasteiger partial charge in [0, 0.05) is 11.8 Å². The molecule has 2 bridgehead atoms. The fraction of sp³-hybridized carbons (Fsp3) is 0.259. The Balaban J connectivity index is 1.46. The van der Waals surface area contributed by atoms with Gasteiger partial charge in [-0.05, 0) is 54.7 Å². The molecule has 0 heterocycles. The lowest BCUT2D eigenvalue weighted by molar-refractivity contribution is -0.0349. The van der Waals surface area contributed by atoms with Gasteiger partial charge in [-0.25, -0.2) is 9.59 Å². The predicted molar refractivity (Wildman–Crippen MR) is 117 cm³/mol. The van der Waals surface area contributed by atoms with Crippen molar-refractivity contribution in [3.8, 4) is 0 Å². The summed E-state index contributed by atoms with van der Waals surface area (Å²) >= 11 is 0. The van der Waals surface area contributed by atoms with Crippen LogP contribution >= 0.6 is 0 Å². The highest BCUT2D eigenvalue weighted by Gasteiger charge is 2.55. The second-order valence-electron chi connectivity index (χ2n) is 8.45. The number of fused-ring (bicyclic) bond motifs is 5. The number of benzene rings is 3. The predicted octanol–water partition coefficient (Wildman–Crippen LogP) is 5.34. The van der Waals surface area contributed by atoms with Crippen LogP contribution in [0.1, 0.15) is 61.2 Å². The van der Waals surface area contributed by atoms with Gasteiger partial charge in [-0.2, -0.15) is 0 Å². The quantitative estimate of drug-likeness (QED) is 0.543. The van der Waals surface area contributed by atoms with Gasteiger partial charge in [0.2, 0.25) is 0 Å². The van der Waals surface area contributed by atoms with E-state index in [0.29, 0.717) is 11.1 Å². The van der Waals surface area contributed by atoms with E-state index < -0.39 is 12.2 Å². The Hall–Kier alpha value is -3.40. The molecule has 5 rings (SSSR count). The minimum atomic E-state index is -0.500. The number of rotatable bonds is 4. The number of hydrogen-bond donors (Lipinski definition) is 0. The number of aryl methyl sites for hydroxylation is 2. The van der Waals surface area contributed by atoms with E-state index in [0.717, 1.165) is 17.5 Å². The van der Waals surface area contributed by atoms with E-state index in [2.05, 4.69) is 12.1 Å². The minimum absolute atomic E-state index is 0.0313. The molecule has 2 unspecified atom stereocenters. The van der Waals surface area contributed by atoms with Crippen LogP contribution in [0.3, 0.4) is 0 Å². The molecule has 0 saturated heterocycles. The Labute approximate surface area is 181 Å². The number of ether oxygens (including phenoxy) is 2. The third kappa shape index (κ3) is 3.32. The molecule has 1 saturated carbocycles. The largest absolute Gasteiger partial charge is 0.454 e. The van der Waals surface area contributed by atoms with Gasteiger partial charge in [0.15, 0.2) is 0 Å². The van der Waals surface area contributed by atoms with Crippen molar-refractivity contribution in [3.63, 3.8) is 0 Å². The molecule has 4 heteroatoms. The molecule has 4 atom stereocenters. The number of carbonyl (C=O) groups excluding carboxylic acids is 2. The van der Waals surface area contributed by atoms with Crippen LogP contribution < -0.4 is 0 Å². The summed E-state index contributed by atoms with van der Waals surface area (Å²) in [6.45, 7) is 3.78. The van der Waals surface area contributed by atoms with Crippen molar-refractivity contribution in [2.24, 2.45) is 0 Å². The highest BCUT2D eigenvalue weighted by Crippen LogP contribution is 2.55. The normalized spacial score (nSPS) is 23.3. The molecule has 3 aromatic carbocycles. The first-order valence-electron chi connectivity index (χ1n) is 10.7. The maximum atomic E-state index is 13.0. The van der Waals surface area contributed by atoms with Crippen LogP contribution in [-0.2, 0) is 9.47 Å².